The molecule has 28 heavy (non-hydrogen) atoms. The third kappa shape index (κ3) is 2.29. The first kappa shape index (κ1) is 16.3. The minimum atomic E-state index is -0.242. The lowest BCUT2D eigenvalue weighted by molar-refractivity contribution is 0.00407. The number of fused-ring (bicyclic) bond motifs is 3. The third-order valence-electron chi connectivity index (χ3n) is 6.87. The van der Waals surface area contributed by atoms with Crippen LogP contribution in [0.25, 0.3) is 16.6 Å². The molecule has 3 aromatic rings. The van der Waals surface area contributed by atoms with E-state index in [0.717, 1.165) is 28.7 Å². The second kappa shape index (κ2) is 5.92. The van der Waals surface area contributed by atoms with Gasteiger partial charge >= 0.3 is 0 Å². The van der Waals surface area contributed by atoms with Gasteiger partial charge in [0.25, 0.3) is 5.91 Å². The van der Waals surface area contributed by atoms with Crippen LogP contribution in [-0.2, 0) is 6.54 Å². The molecule has 3 fully saturated rings. The Balaban J connectivity index is 1.45. The summed E-state index contributed by atoms with van der Waals surface area (Å²) in [5, 5.41) is 1.05. The number of aromatic nitrogens is 1. The molecule has 4 aliphatic rings. The van der Waals surface area contributed by atoms with Crippen molar-refractivity contribution in [3.05, 3.63) is 65.6 Å². The summed E-state index contributed by atoms with van der Waals surface area (Å²) in [7, 11) is 0. The zero-order valence-corrected chi connectivity index (χ0v) is 15.6. The molecule has 1 amide bonds. The molecule has 0 unspecified atom stereocenters. The molecule has 5 heteroatoms. The predicted octanol–water partition coefficient (Wildman–Crippen LogP) is 3.82. The van der Waals surface area contributed by atoms with Crippen molar-refractivity contribution in [2.45, 2.75) is 25.4 Å². The van der Waals surface area contributed by atoms with Crippen LogP contribution in [-0.4, -0.2) is 46.0 Å². The lowest BCUT2D eigenvalue weighted by Gasteiger charge is -2.49. The molecule has 4 aliphatic heterocycles. The number of rotatable bonds is 2. The second-order valence-corrected chi connectivity index (χ2v) is 8.34. The topological polar surface area (TPSA) is 28.5 Å². The molecule has 2 aromatic carbocycles. The van der Waals surface area contributed by atoms with Gasteiger partial charge in [0.2, 0.25) is 0 Å². The van der Waals surface area contributed by atoms with Crippen molar-refractivity contribution in [1.29, 1.82) is 0 Å². The van der Waals surface area contributed by atoms with Crippen molar-refractivity contribution in [1.82, 2.24) is 14.4 Å². The monoisotopic (exact) mass is 375 g/mol. The smallest absolute Gasteiger partial charge is 0.255 e. The van der Waals surface area contributed by atoms with Crippen LogP contribution in [0.2, 0.25) is 0 Å². The molecule has 0 saturated carbocycles. The van der Waals surface area contributed by atoms with Gasteiger partial charge in [-0.05, 0) is 73.8 Å². The molecule has 7 rings (SSSR count). The second-order valence-electron chi connectivity index (χ2n) is 8.34. The van der Waals surface area contributed by atoms with Gasteiger partial charge in [0.05, 0.1) is 5.52 Å². The Morgan fingerprint density at radius 3 is 2.50 bits per heavy atom. The van der Waals surface area contributed by atoms with Gasteiger partial charge in [-0.3, -0.25) is 4.79 Å². The lowest BCUT2D eigenvalue weighted by Crippen LogP contribution is -2.58. The molecule has 1 aromatic heterocycles. The first-order valence-corrected chi connectivity index (χ1v) is 10.1. The number of amides is 1. The molecule has 0 spiro atoms. The Morgan fingerprint density at radius 1 is 1.00 bits per heavy atom. The summed E-state index contributed by atoms with van der Waals surface area (Å²) in [5.41, 5.74) is 3.92. The van der Waals surface area contributed by atoms with Gasteiger partial charge < -0.3 is 14.4 Å². The summed E-state index contributed by atoms with van der Waals surface area (Å²) in [4.78, 5) is 18.0. The maximum Gasteiger partial charge on any atom is 0.255 e. The van der Waals surface area contributed by atoms with E-state index in [1.807, 2.05) is 18.2 Å². The lowest BCUT2D eigenvalue weighted by atomic mass is 9.82. The number of carbonyl (C=O) groups excluding carboxylic acids is 1. The number of hydrogen-bond acceptors (Lipinski definition) is 2. The summed E-state index contributed by atoms with van der Waals surface area (Å²) in [6.45, 7) is 4.01. The summed E-state index contributed by atoms with van der Waals surface area (Å²) in [6, 6.07) is 12.8. The minimum Gasteiger partial charge on any atom is -0.330 e. The van der Waals surface area contributed by atoms with Gasteiger partial charge in [0, 0.05) is 42.0 Å². The predicted molar refractivity (Wildman–Crippen MR) is 106 cm³/mol. The molecule has 142 valence electrons. The van der Waals surface area contributed by atoms with Crippen LogP contribution in [0, 0.1) is 11.7 Å². The van der Waals surface area contributed by atoms with E-state index in [4.69, 9.17) is 0 Å². The quantitative estimate of drug-likeness (QED) is 0.681. The first-order chi connectivity index (χ1) is 13.7. The summed E-state index contributed by atoms with van der Waals surface area (Å²) >= 11 is 0. The number of hydrogen-bond donors (Lipinski definition) is 0. The highest BCUT2D eigenvalue weighted by molar-refractivity contribution is 6.10. The third-order valence-corrected chi connectivity index (χ3v) is 6.87. The Hall–Kier alpha value is -2.66. The van der Waals surface area contributed by atoms with Gasteiger partial charge in [-0.15, -0.1) is 0 Å². The van der Waals surface area contributed by atoms with Crippen molar-refractivity contribution >= 4 is 16.8 Å². The van der Waals surface area contributed by atoms with Crippen molar-refractivity contribution in [3.63, 3.8) is 0 Å². The highest BCUT2D eigenvalue weighted by Crippen LogP contribution is 2.38. The minimum absolute atomic E-state index is 0.161. The van der Waals surface area contributed by atoms with Crippen LogP contribution in [0.15, 0.2) is 48.7 Å². The van der Waals surface area contributed by atoms with Gasteiger partial charge in [0.1, 0.15) is 5.82 Å². The van der Waals surface area contributed by atoms with E-state index in [2.05, 4.69) is 20.6 Å². The maximum atomic E-state index is 13.4. The van der Waals surface area contributed by atoms with Crippen LogP contribution in [0.1, 0.15) is 28.8 Å². The van der Waals surface area contributed by atoms with E-state index >= 15 is 0 Å². The normalized spacial score (nSPS) is 26.2. The standard InChI is InChI=1S/C23H22FN3O/c24-17-4-6-18(7-5-17)26-12-16-13-27(21-14-25-10-8-15(21)9-11-25)23(28)19-2-1-3-20(26)22(16)19/h1-7,12,15,21H,8-11,13-14H2/t21-/m0/s1. The molecule has 0 aliphatic carbocycles. The van der Waals surface area contributed by atoms with Crippen LogP contribution in [0.4, 0.5) is 4.39 Å². The van der Waals surface area contributed by atoms with E-state index in [9.17, 15) is 9.18 Å². The Morgan fingerprint density at radius 2 is 1.79 bits per heavy atom. The molecule has 0 radical (unpaired) electrons. The van der Waals surface area contributed by atoms with Gasteiger partial charge in [-0.2, -0.15) is 0 Å². The van der Waals surface area contributed by atoms with E-state index < -0.39 is 0 Å². The van der Waals surface area contributed by atoms with Gasteiger partial charge in [-0.1, -0.05) is 6.07 Å². The molecular weight excluding hydrogens is 353 g/mol. The van der Waals surface area contributed by atoms with Crippen molar-refractivity contribution in [3.8, 4) is 5.69 Å². The van der Waals surface area contributed by atoms with Crippen LogP contribution in [0.3, 0.4) is 0 Å². The average molecular weight is 375 g/mol. The fourth-order valence-electron chi connectivity index (χ4n) is 5.45. The zero-order chi connectivity index (χ0) is 18.8. The number of piperidine rings is 3. The molecular formula is C23H22FN3O. The van der Waals surface area contributed by atoms with E-state index in [0.29, 0.717) is 18.5 Å². The Kier molecular flexibility index (Phi) is 3.45. The van der Waals surface area contributed by atoms with Gasteiger partial charge in [-0.25, -0.2) is 4.39 Å². The zero-order valence-electron chi connectivity index (χ0n) is 15.6. The fourth-order valence-corrected chi connectivity index (χ4v) is 5.45. The number of benzene rings is 2. The highest BCUT2D eigenvalue weighted by Gasteiger charge is 2.41. The molecule has 5 heterocycles. The van der Waals surface area contributed by atoms with Gasteiger partial charge in [0.15, 0.2) is 0 Å². The molecule has 3 saturated heterocycles. The van der Waals surface area contributed by atoms with Crippen molar-refractivity contribution < 1.29 is 9.18 Å². The number of nitrogens with zero attached hydrogens (tertiary/aromatic N) is 3. The van der Waals surface area contributed by atoms with Crippen molar-refractivity contribution in [2.75, 3.05) is 19.6 Å². The molecule has 0 N–H and O–H groups in total. The molecule has 2 bridgehead atoms. The van der Waals surface area contributed by atoms with E-state index in [1.165, 1.54) is 43.6 Å². The van der Waals surface area contributed by atoms with Crippen LogP contribution < -0.4 is 0 Å². The highest BCUT2D eigenvalue weighted by atomic mass is 19.1. The Bertz CT molecular complexity index is 1080. The Labute approximate surface area is 163 Å². The average Bonchev–Trinajstić information content (AvgIpc) is 3.11. The van der Waals surface area contributed by atoms with Crippen molar-refractivity contribution in [2.24, 2.45) is 5.92 Å². The van der Waals surface area contributed by atoms with E-state index in [-0.39, 0.29) is 11.7 Å². The fraction of sp³-hybridized carbons (Fsp3) is 0.348. The first-order valence-electron chi connectivity index (χ1n) is 10.1. The summed E-state index contributed by atoms with van der Waals surface area (Å²) in [5.74, 6) is 0.539. The van der Waals surface area contributed by atoms with Crippen LogP contribution in [0.5, 0.6) is 0 Å². The molecule has 1 atom stereocenters. The SMILES string of the molecule is O=C1c2cccc3c2c(cn3-c2ccc(F)cc2)CN1[C@H]1CN2CCC1CC2. The maximum absolute atomic E-state index is 13.4. The summed E-state index contributed by atoms with van der Waals surface area (Å²) < 4.78 is 15.5. The van der Waals surface area contributed by atoms with Crippen LogP contribution >= 0.6 is 0 Å². The van der Waals surface area contributed by atoms with E-state index in [1.54, 1.807) is 12.1 Å². The summed E-state index contributed by atoms with van der Waals surface area (Å²) in [6.07, 6.45) is 4.52. The molecule has 4 nitrogen and oxygen atoms in total. The number of halogens is 1. The number of carbonyl (C=O) groups is 1. The largest absolute Gasteiger partial charge is 0.330 e.